The number of methoxy groups -OCH3 is 2. The lowest BCUT2D eigenvalue weighted by Crippen LogP contribution is -2.57. The molecule has 0 spiro atoms. The average Bonchev–Trinajstić information content (AvgIpc) is 3.43. The monoisotopic (exact) mass is 553 g/mol. The number of carbonyl (C=O) groups excluding carboxylic acids is 1. The van der Waals surface area contributed by atoms with Crippen molar-refractivity contribution in [3.05, 3.63) is 40.5 Å². The Labute approximate surface area is 233 Å². The molecule has 2 heterocycles. The molecule has 7 rings (SSSR count). The summed E-state index contributed by atoms with van der Waals surface area (Å²) >= 11 is 7.21. The lowest BCUT2D eigenvalue weighted by Gasteiger charge is -2.56. The van der Waals surface area contributed by atoms with Gasteiger partial charge >= 0.3 is 0 Å². The maximum Gasteiger partial charge on any atom is 0.266 e. The molecule has 0 radical (unpaired) electrons. The van der Waals surface area contributed by atoms with Crippen molar-refractivity contribution in [2.45, 2.75) is 57.4 Å². The second-order valence-corrected chi connectivity index (χ2v) is 12.9. The van der Waals surface area contributed by atoms with E-state index in [-0.39, 0.29) is 18.6 Å². The molecule has 38 heavy (non-hydrogen) atoms. The maximum atomic E-state index is 13.8. The van der Waals surface area contributed by atoms with Crippen LogP contribution in [0.1, 0.15) is 56.3 Å². The van der Waals surface area contributed by atoms with Gasteiger partial charge in [0.05, 0.1) is 19.1 Å². The van der Waals surface area contributed by atoms with Crippen molar-refractivity contribution in [1.29, 1.82) is 0 Å². The fourth-order valence-corrected chi connectivity index (χ4v) is 8.77. The Hall–Kier alpha value is -2.29. The van der Waals surface area contributed by atoms with E-state index in [0.717, 1.165) is 35.8 Å². The minimum absolute atomic E-state index is 0.0276. The number of ether oxygens (including phenoxy) is 2. The Bertz CT molecular complexity index is 1220. The van der Waals surface area contributed by atoms with E-state index in [2.05, 4.69) is 0 Å². The molecule has 1 aromatic heterocycles. The molecule has 6 nitrogen and oxygen atoms in total. The molecule has 0 unspecified atom stereocenters. The predicted molar refractivity (Wildman–Crippen MR) is 153 cm³/mol. The van der Waals surface area contributed by atoms with E-state index in [9.17, 15) is 9.90 Å². The molecule has 8 heteroatoms. The van der Waals surface area contributed by atoms with Gasteiger partial charge in [0.2, 0.25) is 0 Å². The molecule has 4 bridgehead atoms. The summed E-state index contributed by atoms with van der Waals surface area (Å²) in [5.74, 6) is 5.60. The number of rotatable bonds is 9. The van der Waals surface area contributed by atoms with Gasteiger partial charge in [0, 0.05) is 30.4 Å². The second-order valence-electron chi connectivity index (χ2n) is 11.3. The number of hydrogen-bond donors (Lipinski definition) is 1. The number of amides is 1. The minimum Gasteiger partial charge on any atom is -0.497 e. The normalized spacial score (nSPS) is 29.1. The molecule has 202 valence electrons. The van der Waals surface area contributed by atoms with Gasteiger partial charge in [-0.05, 0) is 98.8 Å². The molecular formula is C30H35NO5S2. The van der Waals surface area contributed by atoms with Crippen LogP contribution in [0.3, 0.4) is 0 Å². The highest BCUT2D eigenvalue weighted by atomic mass is 32.2. The molecule has 1 saturated heterocycles. The van der Waals surface area contributed by atoms with Crippen LogP contribution < -0.4 is 9.47 Å². The molecule has 1 aliphatic heterocycles. The van der Waals surface area contributed by atoms with Gasteiger partial charge in [-0.1, -0.05) is 24.0 Å². The zero-order valence-electron chi connectivity index (χ0n) is 22.0. The molecule has 5 aliphatic rings. The van der Waals surface area contributed by atoms with Crippen molar-refractivity contribution < 1.29 is 23.8 Å². The number of carbonyl (C=O) groups is 1. The number of aryl methyl sites for hydroxylation is 1. The van der Waals surface area contributed by atoms with Crippen LogP contribution in [0, 0.1) is 23.7 Å². The number of nitrogens with zero attached hydrogens (tertiary/aromatic N) is 1. The van der Waals surface area contributed by atoms with Gasteiger partial charge < -0.3 is 19.0 Å². The smallest absolute Gasteiger partial charge is 0.266 e. The van der Waals surface area contributed by atoms with Crippen LogP contribution in [0.25, 0.3) is 17.4 Å². The Kier molecular flexibility index (Phi) is 7.31. The van der Waals surface area contributed by atoms with Crippen LogP contribution in [0.4, 0.5) is 0 Å². The summed E-state index contributed by atoms with van der Waals surface area (Å²) in [5.41, 5.74) is 1.85. The number of aliphatic hydroxyl groups excluding tert-OH is 1. The summed E-state index contributed by atoms with van der Waals surface area (Å²) in [6, 6.07) is 7.92. The van der Waals surface area contributed by atoms with E-state index in [1.807, 2.05) is 35.2 Å². The fourth-order valence-electron chi connectivity index (χ4n) is 7.45. The third-order valence-corrected chi connectivity index (χ3v) is 10.2. The number of benzene rings is 1. The molecule has 1 amide bonds. The topological polar surface area (TPSA) is 72.1 Å². The molecule has 4 aliphatic carbocycles. The first-order chi connectivity index (χ1) is 18.5. The summed E-state index contributed by atoms with van der Waals surface area (Å²) < 4.78 is 18.0. The lowest BCUT2D eigenvalue weighted by molar-refractivity contribution is -0.130. The average molecular weight is 554 g/mol. The number of furan rings is 1. The predicted octanol–water partition coefficient (Wildman–Crippen LogP) is 6.30. The van der Waals surface area contributed by atoms with Gasteiger partial charge in [-0.25, -0.2) is 0 Å². The Morgan fingerprint density at radius 1 is 1.03 bits per heavy atom. The van der Waals surface area contributed by atoms with Crippen molar-refractivity contribution in [1.82, 2.24) is 4.90 Å². The first-order valence-corrected chi connectivity index (χ1v) is 14.9. The van der Waals surface area contributed by atoms with Crippen molar-refractivity contribution in [2.24, 2.45) is 23.7 Å². The largest absolute Gasteiger partial charge is 0.497 e. The van der Waals surface area contributed by atoms with E-state index < -0.39 is 0 Å². The molecule has 4 saturated carbocycles. The Morgan fingerprint density at radius 3 is 2.29 bits per heavy atom. The first kappa shape index (κ1) is 26.0. The molecule has 2 aromatic rings. The molecule has 1 N–H and O–H groups in total. The second kappa shape index (κ2) is 10.7. The van der Waals surface area contributed by atoms with Gasteiger partial charge in [0.15, 0.2) is 0 Å². The van der Waals surface area contributed by atoms with E-state index in [1.54, 1.807) is 14.2 Å². The van der Waals surface area contributed by atoms with Crippen molar-refractivity contribution in [3.63, 3.8) is 0 Å². The summed E-state index contributed by atoms with van der Waals surface area (Å²) in [6.45, 7) is 0.150. The quantitative estimate of drug-likeness (QED) is 0.222. The van der Waals surface area contributed by atoms with Gasteiger partial charge in [-0.3, -0.25) is 9.69 Å². The zero-order chi connectivity index (χ0) is 26.4. The van der Waals surface area contributed by atoms with Gasteiger partial charge in [-0.2, -0.15) is 0 Å². The highest BCUT2D eigenvalue weighted by molar-refractivity contribution is 8.26. The first-order valence-electron chi connectivity index (χ1n) is 13.7. The van der Waals surface area contributed by atoms with Crippen LogP contribution in [0.2, 0.25) is 0 Å². The van der Waals surface area contributed by atoms with E-state index in [4.69, 9.17) is 26.1 Å². The lowest BCUT2D eigenvalue weighted by atomic mass is 9.54. The van der Waals surface area contributed by atoms with Crippen LogP contribution >= 0.6 is 24.0 Å². The van der Waals surface area contributed by atoms with Crippen molar-refractivity contribution in [2.75, 3.05) is 20.8 Å². The molecule has 0 atom stereocenters. The molecular weight excluding hydrogens is 518 g/mol. The summed E-state index contributed by atoms with van der Waals surface area (Å²) in [5, 5.41) is 9.31. The van der Waals surface area contributed by atoms with Crippen LogP contribution in [0.15, 0.2) is 33.6 Å². The Balaban J connectivity index is 1.31. The van der Waals surface area contributed by atoms with Crippen molar-refractivity contribution in [3.8, 4) is 22.8 Å². The third-order valence-electron chi connectivity index (χ3n) is 8.89. The van der Waals surface area contributed by atoms with Crippen LogP contribution in [0.5, 0.6) is 11.5 Å². The van der Waals surface area contributed by atoms with Crippen LogP contribution in [-0.2, 0) is 11.2 Å². The molecule has 5 fully saturated rings. The van der Waals surface area contributed by atoms with Gasteiger partial charge in [0.1, 0.15) is 27.3 Å². The number of hydrogen-bond acceptors (Lipinski definition) is 7. The summed E-state index contributed by atoms with van der Waals surface area (Å²) in [6.07, 6.45) is 10.5. The highest BCUT2D eigenvalue weighted by Gasteiger charge is 2.53. The summed E-state index contributed by atoms with van der Waals surface area (Å²) in [7, 11) is 3.25. The minimum atomic E-state index is 0.0276. The fraction of sp³-hybridized carbons (Fsp3) is 0.533. The maximum absolute atomic E-state index is 13.8. The van der Waals surface area contributed by atoms with E-state index in [0.29, 0.717) is 50.5 Å². The van der Waals surface area contributed by atoms with E-state index >= 15 is 0 Å². The zero-order valence-corrected chi connectivity index (χ0v) is 23.6. The van der Waals surface area contributed by atoms with Gasteiger partial charge in [-0.15, -0.1) is 0 Å². The van der Waals surface area contributed by atoms with Crippen LogP contribution in [-0.4, -0.2) is 47.1 Å². The number of thiocarbonyl (C=S) groups is 1. The third kappa shape index (κ3) is 4.80. The Morgan fingerprint density at radius 2 is 1.68 bits per heavy atom. The SMILES string of the molecule is COc1cc(OC)cc(-c2cc(CCCCO)c(/C=C3\SC(=S)N(C4C5CC6CC(C5)CC4C6)C3=O)o2)c1. The van der Waals surface area contributed by atoms with Gasteiger partial charge in [0.25, 0.3) is 5.91 Å². The number of aliphatic hydroxyl groups is 1. The van der Waals surface area contributed by atoms with Crippen molar-refractivity contribution >= 4 is 40.3 Å². The summed E-state index contributed by atoms with van der Waals surface area (Å²) in [4.78, 5) is 16.4. The number of thioether (sulfide) groups is 1. The molecule has 1 aromatic carbocycles. The standard InChI is InChI=1S/C30H35NO5S2/c1-34-23-12-20(13-24(15-23)35-2)25-14-19(5-3-4-6-32)26(36-25)16-27-29(33)31(30(37)38-27)28-21-8-17-7-18(10-21)11-22(28)9-17/h12-18,21-22,28,32H,3-11H2,1-2H3/b27-16-. The number of unbranched alkanes of at least 4 members (excludes halogenated alkanes) is 1. The highest BCUT2D eigenvalue weighted by Crippen LogP contribution is 2.56. The van der Waals surface area contributed by atoms with E-state index in [1.165, 1.54) is 43.9 Å².